The molecule has 0 radical (unpaired) electrons. The van der Waals surface area contributed by atoms with Gasteiger partial charge in [-0.15, -0.1) is 0 Å². The summed E-state index contributed by atoms with van der Waals surface area (Å²) in [6.07, 6.45) is 1.88. The molecule has 1 rings (SSSR count). The lowest BCUT2D eigenvalue weighted by Crippen LogP contribution is -1.98. The third kappa shape index (κ3) is 2.44. The van der Waals surface area contributed by atoms with Crippen LogP contribution in [0.1, 0.15) is 37.8 Å². The van der Waals surface area contributed by atoms with E-state index in [4.69, 9.17) is 4.74 Å². The van der Waals surface area contributed by atoms with E-state index in [0.717, 1.165) is 5.88 Å². The minimum atomic E-state index is 0.530. The molecule has 0 bridgehead atoms. The van der Waals surface area contributed by atoms with Crippen molar-refractivity contribution in [1.82, 2.24) is 4.98 Å². The summed E-state index contributed by atoms with van der Waals surface area (Å²) < 4.78 is 5.34. The van der Waals surface area contributed by atoms with Gasteiger partial charge < -0.3 is 4.74 Å². The third-order valence-corrected chi connectivity index (χ3v) is 2.03. The fraction of sp³-hybridized carbons (Fsp3) is 0.545. The van der Waals surface area contributed by atoms with Gasteiger partial charge in [0.1, 0.15) is 0 Å². The Morgan fingerprint density at radius 3 is 2.69 bits per heavy atom. The molecule has 1 aromatic rings. The maximum atomic E-state index is 5.34. The number of pyridine rings is 1. The highest BCUT2D eigenvalue weighted by atomic mass is 16.5. The lowest BCUT2D eigenvalue weighted by molar-refractivity contribution is 0.326. The van der Waals surface area contributed by atoms with Crippen molar-refractivity contribution in [3.8, 4) is 5.88 Å². The van der Waals surface area contributed by atoms with Gasteiger partial charge in [-0.3, -0.25) is 0 Å². The first kappa shape index (κ1) is 10.0. The minimum absolute atomic E-state index is 0.530. The Bertz CT molecular complexity index is 281. The van der Waals surface area contributed by atoms with Gasteiger partial charge in [0.05, 0.1) is 6.61 Å². The van der Waals surface area contributed by atoms with Crippen LogP contribution in [0.5, 0.6) is 5.88 Å². The molecule has 72 valence electrons. The fourth-order valence-electron chi connectivity index (χ4n) is 1.37. The summed E-state index contributed by atoms with van der Waals surface area (Å²) >= 11 is 0. The summed E-state index contributed by atoms with van der Waals surface area (Å²) in [5.74, 6) is 1.26. The minimum Gasteiger partial charge on any atom is -0.478 e. The number of rotatable bonds is 3. The Hall–Kier alpha value is -1.05. The van der Waals surface area contributed by atoms with Gasteiger partial charge in [0.15, 0.2) is 0 Å². The van der Waals surface area contributed by atoms with Crippen LogP contribution in [0.4, 0.5) is 0 Å². The molecule has 0 atom stereocenters. The Labute approximate surface area is 80.0 Å². The molecule has 0 unspecified atom stereocenters. The molecule has 0 saturated carbocycles. The first-order valence-corrected chi connectivity index (χ1v) is 4.74. The van der Waals surface area contributed by atoms with Crippen molar-refractivity contribution in [3.63, 3.8) is 0 Å². The van der Waals surface area contributed by atoms with Crippen LogP contribution in [-0.2, 0) is 0 Å². The van der Waals surface area contributed by atoms with E-state index < -0.39 is 0 Å². The van der Waals surface area contributed by atoms with Gasteiger partial charge in [-0.1, -0.05) is 13.8 Å². The molecule has 0 aliphatic heterocycles. The molecule has 0 amide bonds. The van der Waals surface area contributed by atoms with Gasteiger partial charge in [-0.25, -0.2) is 4.98 Å². The van der Waals surface area contributed by atoms with Gasteiger partial charge in [0, 0.05) is 12.3 Å². The van der Waals surface area contributed by atoms with Gasteiger partial charge in [0.2, 0.25) is 5.88 Å². The molecule has 0 saturated heterocycles. The lowest BCUT2D eigenvalue weighted by atomic mass is 10.0. The molecule has 0 spiro atoms. The standard InChI is InChI=1S/C11H17NO/c1-5-13-11-6-10(8(2)3)9(4)7-12-11/h6-8H,5H2,1-4H3. The zero-order valence-corrected chi connectivity index (χ0v) is 8.79. The first-order valence-electron chi connectivity index (χ1n) is 4.74. The number of hydrogen-bond donors (Lipinski definition) is 0. The molecule has 0 aromatic carbocycles. The summed E-state index contributed by atoms with van der Waals surface area (Å²) in [6.45, 7) is 9.08. The van der Waals surface area contributed by atoms with Crippen LogP contribution < -0.4 is 4.74 Å². The second-order valence-electron chi connectivity index (χ2n) is 3.47. The van der Waals surface area contributed by atoms with Crippen LogP contribution >= 0.6 is 0 Å². The molecule has 0 aliphatic rings. The second kappa shape index (κ2) is 4.26. The molecule has 2 nitrogen and oxygen atoms in total. The van der Waals surface area contributed by atoms with Crippen molar-refractivity contribution in [1.29, 1.82) is 0 Å². The average Bonchev–Trinajstić information content (AvgIpc) is 2.08. The molecule has 2 heteroatoms. The smallest absolute Gasteiger partial charge is 0.213 e. The molecule has 1 heterocycles. The van der Waals surface area contributed by atoms with Crippen molar-refractivity contribution in [2.75, 3.05) is 6.61 Å². The summed E-state index contributed by atoms with van der Waals surface area (Å²) in [5.41, 5.74) is 2.55. The fourth-order valence-corrected chi connectivity index (χ4v) is 1.37. The van der Waals surface area contributed by atoms with Gasteiger partial charge in [-0.05, 0) is 30.9 Å². The number of aryl methyl sites for hydroxylation is 1. The number of hydrogen-bond acceptors (Lipinski definition) is 2. The van der Waals surface area contributed by atoms with E-state index in [1.807, 2.05) is 19.2 Å². The molecule has 0 fully saturated rings. The average molecular weight is 179 g/mol. The first-order chi connectivity index (χ1) is 6.15. The summed E-state index contributed by atoms with van der Waals surface area (Å²) in [7, 11) is 0. The van der Waals surface area contributed by atoms with E-state index in [-0.39, 0.29) is 0 Å². The highest BCUT2D eigenvalue weighted by molar-refractivity contribution is 5.30. The molecule has 13 heavy (non-hydrogen) atoms. The van der Waals surface area contributed by atoms with E-state index >= 15 is 0 Å². The van der Waals surface area contributed by atoms with Gasteiger partial charge in [-0.2, -0.15) is 0 Å². The van der Waals surface area contributed by atoms with Gasteiger partial charge in [0.25, 0.3) is 0 Å². The topological polar surface area (TPSA) is 22.1 Å². The zero-order valence-electron chi connectivity index (χ0n) is 8.79. The third-order valence-electron chi connectivity index (χ3n) is 2.03. The highest BCUT2D eigenvalue weighted by Gasteiger charge is 2.05. The lowest BCUT2D eigenvalue weighted by Gasteiger charge is -2.10. The molecule has 1 aromatic heterocycles. The summed E-state index contributed by atoms with van der Waals surface area (Å²) in [4.78, 5) is 4.19. The quantitative estimate of drug-likeness (QED) is 0.711. The van der Waals surface area contributed by atoms with Crippen LogP contribution in [0.15, 0.2) is 12.3 Å². The Morgan fingerprint density at radius 1 is 1.46 bits per heavy atom. The van der Waals surface area contributed by atoms with Crippen LogP contribution in [0.2, 0.25) is 0 Å². The summed E-state index contributed by atoms with van der Waals surface area (Å²) in [6, 6.07) is 2.03. The zero-order chi connectivity index (χ0) is 9.84. The van der Waals surface area contributed by atoms with E-state index in [0.29, 0.717) is 12.5 Å². The maximum absolute atomic E-state index is 5.34. The largest absolute Gasteiger partial charge is 0.478 e. The number of aromatic nitrogens is 1. The molecule has 0 aliphatic carbocycles. The van der Waals surface area contributed by atoms with Crippen LogP contribution in [0.25, 0.3) is 0 Å². The van der Waals surface area contributed by atoms with E-state index in [9.17, 15) is 0 Å². The Morgan fingerprint density at radius 2 is 2.15 bits per heavy atom. The van der Waals surface area contributed by atoms with Crippen molar-refractivity contribution >= 4 is 0 Å². The van der Waals surface area contributed by atoms with E-state index in [1.165, 1.54) is 11.1 Å². The van der Waals surface area contributed by atoms with Crippen molar-refractivity contribution in [3.05, 3.63) is 23.4 Å². The van der Waals surface area contributed by atoms with Crippen LogP contribution in [0, 0.1) is 6.92 Å². The number of nitrogens with zero attached hydrogens (tertiary/aromatic N) is 1. The Kier molecular flexibility index (Phi) is 3.29. The monoisotopic (exact) mass is 179 g/mol. The van der Waals surface area contributed by atoms with E-state index in [2.05, 4.69) is 25.8 Å². The van der Waals surface area contributed by atoms with Gasteiger partial charge >= 0.3 is 0 Å². The molecular formula is C11H17NO. The summed E-state index contributed by atoms with van der Waals surface area (Å²) in [5, 5.41) is 0. The van der Waals surface area contributed by atoms with Crippen LogP contribution in [0.3, 0.4) is 0 Å². The highest BCUT2D eigenvalue weighted by Crippen LogP contribution is 2.21. The molecular weight excluding hydrogens is 162 g/mol. The predicted molar refractivity (Wildman–Crippen MR) is 54.2 cm³/mol. The molecule has 0 N–H and O–H groups in total. The predicted octanol–water partition coefficient (Wildman–Crippen LogP) is 2.91. The van der Waals surface area contributed by atoms with E-state index in [1.54, 1.807) is 0 Å². The van der Waals surface area contributed by atoms with Crippen LogP contribution in [-0.4, -0.2) is 11.6 Å². The second-order valence-corrected chi connectivity index (χ2v) is 3.47. The Balaban J connectivity index is 2.97. The maximum Gasteiger partial charge on any atom is 0.213 e. The number of ether oxygens (including phenoxy) is 1. The van der Waals surface area contributed by atoms with Crippen molar-refractivity contribution in [2.45, 2.75) is 33.6 Å². The SMILES string of the molecule is CCOc1cc(C(C)C)c(C)cn1. The van der Waals surface area contributed by atoms with Crippen molar-refractivity contribution < 1.29 is 4.74 Å². The normalized spacial score (nSPS) is 10.5. The van der Waals surface area contributed by atoms with Crippen molar-refractivity contribution in [2.24, 2.45) is 0 Å².